The molecule has 0 radical (unpaired) electrons. The second-order valence-corrected chi connectivity index (χ2v) is 7.79. The Labute approximate surface area is 138 Å². The number of unbranched alkanes of at least 4 members (excludes halogenated alkanes) is 3. The number of nitrogens with two attached hydrogens (primary N) is 1. The molecule has 0 saturated heterocycles. The summed E-state index contributed by atoms with van der Waals surface area (Å²) in [5, 5.41) is 11.0. The zero-order valence-electron chi connectivity index (χ0n) is 13.9. The molecule has 0 saturated carbocycles. The first-order chi connectivity index (χ1) is 10.7. The van der Waals surface area contributed by atoms with Gasteiger partial charge in [0, 0.05) is 12.2 Å². The van der Waals surface area contributed by atoms with E-state index >= 15 is 0 Å². The zero-order chi connectivity index (χ0) is 18.9. The van der Waals surface area contributed by atoms with E-state index in [4.69, 9.17) is 5.11 Å². The fraction of sp³-hybridized carbons (Fsp3) is 0.600. The molecule has 0 aliphatic carbocycles. The van der Waals surface area contributed by atoms with Gasteiger partial charge in [-0.05, 0) is 33.1 Å². The molecule has 0 unspecified atom stereocenters. The van der Waals surface area contributed by atoms with Crippen molar-refractivity contribution in [1.82, 2.24) is 0 Å². The topological polar surface area (TPSA) is 36.8 Å². The van der Waals surface area contributed by atoms with Crippen LogP contribution in [0.2, 0.25) is 0 Å². The molecule has 1 rings (SSSR count). The zero-order valence-corrected chi connectivity index (χ0v) is 14.8. The average molecular weight is 381 g/mol. The van der Waals surface area contributed by atoms with E-state index in [0.29, 0.717) is 6.61 Å². The molecule has 0 aliphatic rings. The summed E-state index contributed by atoms with van der Waals surface area (Å²) in [7, 11) is -10.7. The van der Waals surface area contributed by atoms with Crippen LogP contribution in [-0.2, 0) is 6.54 Å². The molecule has 0 aliphatic heterocycles. The van der Waals surface area contributed by atoms with Gasteiger partial charge in [0.25, 0.3) is 0 Å². The first-order valence-corrected chi connectivity index (χ1v) is 9.76. The molecular formula is C15H26F6NOP. The predicted octanol–water partition coefficient (Wildman–Crippen LogP) is 5.30. The van der Waals surface area contributed by atoms with Crippen molar-refractivity contribution in [2.45, 2.75) is 46.1 Å². The normalized spacial score (nSPS) is 14.4. The van der Waals surface area contributed by atoms with E-state index in [0.717, 1.165) is 19.4 Å². The summed E-state index contributed by atoms with van der Waals surface area (Å²) in [5.74, 6) is 0. The van der Waals surface area contributed by atoms with Gasteiger partial charge in [-0.2, -0.15) is 0 Å². The Morgan fingerprint density at radius 1 is 0.833 bits per heavy atom. The summed E-state index contributed by atoms with van der Waals surface area (Å²) in [5.41, 5.74) is 4.14. The number of aryl methyl sites for hydroxylation is 2. The molecule has 0 aromatic heterocycles. The molecule has 1 aromatic rings. The Morgan fingerprint density at radius 3 is 1.75 bits per heavy atom. The standard InChI is InChI=1S/C15H25NO.F6P/c1-13-9-14(2)11-15(10-13)12-16-7-5-3-4-6-8-17;1-7(2,3,4,5)6/h9-11,16-17H,3-8,12H2,1-2H3;/q;-1/p+1. The van der Waals surface area contributed by atoms with Crippen LogP contribution in [0, 0.1) is 13.8 Å². The number of halogens is 6. The molecule has 0 bridgehead atoms. The van der Waals surface area contributed by atoms with Crippen LogP contribution in [0.1, 0.15) is 42.4 Å². The Morgan fingerprint density at radius 2 is 1.29 bits per heavy atom. The van der Waals surface area contributed by atoms with Gasteiger partial charge in [0.1, 0.15) is 6.54 Å². The third-order valence-corrected chi connectivity index (χ3v) is 2.98. The molecule has 0 atom stereocenters. The maximum absolute atomic E-state index is 10.7. The van der Waals surface area contributed by atoms with Crippen molar-refractivity contribution in [2.75, 3.05) is 13.2 Å². The number of rotatable bonds is 8. The minimum atomic E-state index is -10.7. The molecule has 1 aromatic carbocycles. The van der Waals surface area contributed by atoms with Crippen LogP contribution >= 0.6 is 7.81 Å². The van der Waals surface area contributed by atoms with Gasteiger partial charge in [-0.25, -0.2) is 0 Å². The molecule has 144 valence electrons. The third kappa shape index (κ3) is 21.1. The Hall–Kier alpha value is -0.850. The molecule has 24 heavy (non-hydrogen) atoms. The van der Waals surface area contributed by atoms with E-state index in [9.17, 15) is 25.2 Å². The molecule has 9 heteroatoms. The van der Waals surface area contributed by atoms with Crippen molar-refractivity contribution < 1.29 is 35.6 Å². The van der Waals surface area contributed by atoms with Crippen LogP contribution in [0.4, 0.5) is 25.2 Å². The molecular weight excluding hydrogens is 355 g/mol. The summed E-state index contributed by atoms with van der Waals surface area (Å²) in [6, 6.07) is 6.77. The number of hydrogen-bond donors (Lipinski definition) is 2. The van der Waals surface area contributed by atoms with Crippen molar-refractivity contribution in [1.29, 1.82) is 0 Å². The summed E-state index contributed by atoms with van der Waals surface area (Å²) < 4.78 is 59.2. The summed E-state index contributed by atoms with van der Waals surface area (Å²) in [4.78, 5) is 0. The number of aliphatic hydroxyl groups excluding tert-OH is 1. The van der Waals surface area contributed by atoms with E-state index in [1.165, 1.54) is 36.1 Å². The van der Waals surface area contributed by atoms with Crippen LogP contribution in [0.15, 0.2) is 18.2 Å². The molecule has 2 nitrogen and oxygen atoms in total. The Kier molecular flexibility index (Phi) is 8.20. The van der Waals surface area contributed by atoms with Gasteiger partial charge in [0.2, 0.25) is 0 Å². The minimum absolute atomic E-state index is 0.340. The third-order valence-electron chi connectivity index (χ3n) is 2.98. The van der Waals surface area contributed by atoms with Crippen LogP contribution in [0.5, 0.6) is 0 Å². The second-order valence-electron chi connectivity index (χ2n) is 5.87. The van der Waals surface area contributed by atoms with Gasteiger partial charge < -0.3 is 10.4 Å². The van der Waals surface area contributed by atoms with Gasteiger partial charge in [-0.15, -0.1) is 0 Å². The Bertz CT molecular complexity index is 472. The van der Waals surface area contributed by atoms with Crippen molar-refractivity contribution in [3.05, 3.63) is 34.9 Å². The second kappa shape index (κ2) is 8.50. The molecule has 3 N–H and O–H groups in total. The average Bonchev–Trinajstić information content (AvgIpc) is 2.32. The van der Waals surface area contributed by atoms with Crippen molar-refractivity contribution in [3.63, 3.8) is 0 Å². The summed E-state index contributed by atoms with van der Waals surface area (Å²) in [6.07, 6.45) is 4.61. The van der Waals surface area contributed by atoms with Crippen molar-refractivity contribution >= 4 is 7.81 Å². The van der Waals surface area contributed by atoms with E-state index in [1.54, 1.807) is 0 Å². The van der Waals surface area contributed by atoms with Crippen molar-refractivity contribution in [3.8, 4) is 0 Å². The van der Waals surface area contributed by atoms with Gasteiger partial charge in [-0.3, -0.25) is 0 Å². The molecule has 0 spiro atoms. The van der Waals surface area contributed by atoms with Gasteiger partial charge >= 0.3 is 33.0 Å². The van der Waals surface area contributed by atoms with E-state index in [1.807, 2.05) is 0 Å². The molecule has 0 amide bonds. The van der Waals surface area contributed by atoms with Gasteiger partial charge in [0.15, 0.2) is 0 Å². The quantitative estimate of drug-likeness (QED) is 0.358. The first-order valence-electron chi connectivity index (χ1n) is 7.73. The Balaban J connectivity index is 0.000000640. The van der Waals surface area contributed by atoms with Crippen LogP contribution in [0.25, 0.3) is 0 Å². The summed E-state index contributed by atoms with van der Waals surface area (Å²) in [6.45, 7) is 6.93. The van der Waals surface area contributed by atoms with E-state index in [-0.39, 0.29) is 0 Å². The molecule has 0 fully saturated rings. The molecule has 0 heterocycles. The maximum atomic E-state index is 9.87. The van der Waals surface area contributed by atoms with Crippen LogP contribution in [0.3, 0.4) is 0 Å². The number of quaternary nitrogens is 1. The van der Waals surface area contributed by atoms with Crippen LogP contribution < -0.4 is 5.32 Å². The SMILES string of the molecule is Cc1cc(C)cc(C[NH2+]CCCCCCO)c1.F[P-](F)(F)(F)(F)F. The summed E-state index contributed by atoms with van der Waals surface area (Å²) >= 11 is 0. The number of aliphatic hydroxyl groups is 1. The van der Waals surface area contributed by atoms with Crippen molar-refractivity contribution in [2.24, 2.45) is 0 Å². The van der Waals surface area contributed by atoms with E-state index < -0.39 is 7.81 Å². The number of hydrogen-bond acceptors (Lipinski definition) is 1. The monoisotopic (exact) mass is 381 g/mol. The first kappa shape index (κ1) is 23.1. The van der Waals surface area contributed by atoms with Gasteiger partial charge in [0.05, 0.1) is 6.54 Å². The number of benzene rings is 1. The fourth-order valence-electron chi connectivity index (χ4n) is 2.21. The van der Waals surface area contributed by atoms with E-state index in [2.05, 4.69) is 37.4 Å². The van der Waals surface area contributed by atoms with Crippen LogP contribution in [-0.4, -0.2) is 18.3 Å². The fourth-order valence-corrected chi connectivity index (χ4v) is 2.21. The predicted molar refractivity (Wildman–Crippen MR) is 85.5 cm³/mol. The van der Waals surface area contributed by atoms with Gasteiger partial charge in [-0.1, -0.05) is 35.7 Å².